The lowest BCUT2D eigenvalue weighted by Gasteiger charge is -2.11. The van der Waals surface area contributed by atoms with E-state index in [0.717, 1.165) is 22.6 Å². The molecule has 1 aromatic carbocycles. The van der Waals surface area contributed by atoms with E-state index in [4.69, 9.17) is 11.6 Å². The van der Waals surface area contributed by atoms with Gasteiger partial charge in [0, 0.05) is 11.4 Å². The van der Waals surface area contributed by atoms with Gasteiger partial charge in [-0.3, -0.25) is 0 Å². The molecule has 82 valence electrons. The van der Waals surface area contributed by atoms with Gasteiger partial charge in [-0.15, -0.1) is 0 Å². The minimum atomic E-state index is -0.222. The highest BCUT2D eigenvalue weighted by atomic mass is 35.5. The van der Waals surface area contributed by atoms with Crippen LogP contribution in [0.4, 0.5) is 0 Å². The molecule has 1 aliphatic rings. The van der Waals surface area contributed by atoms with E-state index in [-0.39, 0.29) is 6.10 Å². The van der Waals surface area contributed by atoms with Gasteiger partial charge in [-0.05, 0) is 42.4 Å². The third kappa shape index (κ3) is 2.53. The molecule has 0 spiro atoms. The third-order valence-corrected chi connectivity index (χ3v) is 3.66. The highest BCUT2D eigenvalue weighted by molar-refractivity contribution is 6.31. The zero-order valence-electron chi connectivity index (χ0n) is 9.20. The molecule has 1 N–H and O–H groups in total. The van der Waals surface area contributed by atoms with Crippen molar-refractivity contribution in [2.24, 2.45) is 11.8 Å². The van der Waals surface area contributed by atoms with Crippen molar-refractivity contribution in [3.63, 3.8) is 0 Å². The van der Waals surface area contributed by atoms with Gasteiger partial charge in [0.1, 0.15) is 0 Å². The Morgan fingerprint density at radius 2 is 2.20 bits per heavy atom. The minimum absolute atomic E-state index is 0.222. The van der Waals surface area contributed by atoms with E-state index >= 15 is 0 Å². The molecule has 1 aliphatic carbocycles. The van der Waals surface area contributed by atoms with Crippen molar-refractivity contribution in [2.75, 3.05) is 0 Å². The van der Waals surface area contributed by atoms with Crippen LogP contribution in [0.5, 0.6) is 0 Å². The average molecular weight is 225 g/mol. The number of hydrogen-bond donors (Lipinski definition) is 1. The summed E-state index contributed by atoms with van der Waals surface area (Å²) in [4.78, 5) is 0. The Bertz CT molecular complexity index is 362. The number of aryl methyl sites for hydroxylation is 1. The average Bonchev–Trinajstić information content (AvgIpc) is 2.88. The maximum Gasteiger partial charge on any atom is 0.0611 e. The molecular weight excluding hydrogens is 208 g/mol. The maximum absolute atomic E-state index is 9.95. The van der Waals surface area contributed by atoms with E-state index in [1.807, 2.05) is 25.1 Å². The molecule has 3 unspecified atom stereocenters. The maximum atomic E-state index is 9.95. The Balaban J connectivity index is 2.04. The van der Waals surface area contributed by atoms with Gasteiger partial charge >= 0.3 is 0 Å². The second-order valence-corrected chi connectivity index (χ2v) is 5.15. The molecule has 0 aromatic heterocycles. The SMILES string of the molecule is Cc1ccc(CC(O)C2CC2C)c(Cl)c1. The highest BCUT2D eigenvalue weighted by Crippen LogP contribution is 2.41. The molecule has 0 amide bonds. The van der Waals surface area contributed by atoms with Crippen LogP contribution < -0.4 is 0 Å². The summed E-state index contributed by atoms with van der Waals surface area (Å²) in [5, 5.41) is 10.7. The molecule has 15 heavy (non-hydrogen) atoms. The summed E-state index contributed by atoms with van der Waals surface area (Å²) in [5.74, 6) is 1.17. The fourth-order valence-corrected chi connectivity index (χ4v) is 2.39. The summed E-state index contributed by atoms with van der Waals surface area (Å²) < 4.78 is 0. The summed E-state index contributed by atoms with van der Waals surface area (Å²) >= 11 is 6.12. The van der Waals surface area contributed by atoms with Crippen LogP contribution >= 0.6 is 11.6 Å². The lowest BCUT2D eigenvalue weighted by atomic mass is 10.0. The van der Waals surface area contributed by atoms with Gasteiger partial charge in [0.2, 0.25) is 0 Å². The largest absolute Gasteiger partial charge is 0.392 e. The van der Waals surface area contributed by atoms with Gasteiger partial charge in [-0.1, -0.05) is 30.7 Å². The van der Waals surface area contributed by atoms with Crippen LogP contribution in [-0.2, 0) is 6.42 Å². The highest BCUT2D eigenvalue weighted by Gasteiger charge is 2.38. The third-order valence-electron chi connectivity index (χ3n) is 3.30. The van der Waals surface area contributed by atoms with Crippen LogP contribution in [0.3, 0.4) is 0 Å². The Morgan fingerprint density at radius 1 is 1.53 bits per heavy atom. The van der Waals surface area contributed by atoms with Gasteiger partial charge in [0.25, 0.3) is 0 Å². The standard InChI is InChI=1S/C13H17ClO/c1-8-3-4-10(12(14)5-8)7-13(15)11-6-9(11)2/h3-5,9,11,13,15H,6-7H2,1-2H3. The van der Waals surface area contributed by atoms with E-state index in [1.54, 1.807) is 0 Å². The van der Waals surface area contributed by atoms with Crippen molar-refractivity contribution in [2.45, 2.75) is 32.8 Å². The Kier molecular flexibility index (Phi) is 3.03. The number of rotatable bonds is 3. The molecule has 2 heteroatoms. The number of halogens is 1. The molecule has 0 radical (unpaired) electrons. The van der Waals surface area contributed by atoms with Crippen LogP contribution in [0.15, 0.2) is 18.2 Å². The van der Waals surface area contributed by atoms with E-state index in [1.165, 1.54) is 0 Å². The van der Waals surface area contributed by atoms with E-state index in [2.05, 4.69) is 6.92 Å². The minimum Gasteiger partial charge on any atom is -0.392 e. The Hall–Kier alpha value is -0.530. The van der Waals surface area contributed by atoms with Crippen molar-refractivity contribution < 1.29 is 5.11 Å². The van der Waals surface area contributed by atoms with Gasteiger partial charge in [0.15, 0.2) is 0 Å². The van der Waals surface area contributed by atoms with Gasteiger partial charge < -0.3 is 5.11 Å². The topological polar surface area (TPSA) is 20.2 Å². The van der Waals surface area contributed by atoms with Crippen molar-refractivity contribution in [1.29, 1.82) is 0 Å². The quantitative estimate of drug-likeness (QED) is 0.836. The van der Waals surface area contributed by atoms with Crippen LogP contribution in [-0.4, -0.2) is 11.2 Å². The van der Waals surface area contributed by atoms with Gasteiger partial charge in [-0.25, -0.2) is 0 Å². The first-order valence-electron chi connectivity index (χ1n) is 5.51. The summed E-state index contributed by atoms with van der Waals surface area (Å²) in [7, 11) is 0. The lowest BCUT2D eigenvalue weighted by Crippen LogP contribution is -2.14. The molecular formula is C13H17ClO. The van der Waals surface area contributed by atoms with Gasteiger partial charge in [-0.2, -0.15) is 0 Å². The van der Waals surface area contributed by atoms with Crippen LogP contribution in [0.25, 0.3) is 0 Å². The zero-order valence-corrected chi connectivity index (χ0v) is 9.96. The van der Waals surface area contributed by atoms with Crippen LogP contribution in [0.2, 0.25) is 5.02 Å². The molecule has 1 aromatic rings. The summed E-state index contributed by atoms with van der Waals surface area (Å²) in [5.41, 5.74) is 2.23. The first kappa shape index (κ1) is 11.0. The molecule has 0 saturated heterocycles. The number of hydrogen-bond acceptors (Lipinski definition) is 1. The first-order chi connectivity index (χ1) is 7.08. The molecule has 3 atom stereocenters. The fraction of sp³-hybridized carbons (Fsp3) is 0.538. The lowest BCUT2D eigenvalue weighted by molar-refractivity contribution is 0.146. The first-order valence-corrected chi connectivity index (χ1v) is 5.89. The molecule has 0 bridgehead atoms. The Morgan fingerprint density at radius 3 is 2.73 bits per heavy atom. The van der Waals surface area contributed by atoms with Crippen LogP contribution in [0, 0.1) is 18.8 Å². The molecule has 2 rings (SSSR count). The molecule has 0 heterocycles. The number of aliphatic hydroxyl groups is 1. The monoisotopic (exact) mass is 224 g/mol. The van der Waals surface area contributed by atoms with Crippen molar-refractivity contribution in [1.82, 2.24) is 0 Å². The number of aliphatic hydroxyl groups excluding tert-OH is 1. The molecule has 1 saturated carbocycles. The predicted octanol–water partition coefficient (Wildman–Crippen LogP) is 3.21. The smallest absolute Gasteiger partial charge is 0.0611 e. The summed E-state index contributed by atoms with van der Waals surface area (Å²) in [6.07, 6.45) is 1.62. The normalized spacial score (nSPS) is 26.4. The Labute approximate surface area is 96.1 Å². The molecule has 1 fully saturated rings. The van der Waals surface area contributed by atoms with Gasteiger partial charge in [0.05, 0.1) is 6.10 Å². The second kappa shape index (κ2) is 4.15. The van der Waals surface area contributed by atoms with E-state index < -0.39 is 0 Å². The molecule has 1 nitrogen and oxygen atoms in total. The molecule has 0 aliphatic heterocycles. The predicted molar refractivity (Wildman–Crippen MR) is 63.2 cm³/mol. The van der Waals surface area contributed by atoms with Crippen LogP contribution in [0.1, 0.15) is 24.5 Å². The summed E-state index contributed by atoms with van der Waals surface area (Å²) in [6.45, 7) is 4.21. The zero-order chi connectivity index (χ0) is 11.0. The van der Waals surface area contributed by atoms with Crippen molar-refractivity contribution in [3.05, 3.63) is 34.3 Å². The van der Waals surface area contributed by atoms with E-state index in [9.17, 15) is 5.11 Å². The van der Waals surface area contributed by atoms with Crippen molar-refractivity contribution >= 4 is 11.6 Å². The summed E-state index contributed by atoms with van der Waals surface area (Å²) in [6, 6.07) is 6.03. The van der Waals surface area contributed by atoms with E-state index in [0.29, 0.717) is 18.3 Å². The number of benzene rings is 1. The fourth-order valence-electron chi connectivity index (χ4n) is 2.08. The van der Waals surface area contributed by atoms with Crippen molar-refractivity contribution in [3.8, 4) is 0 Å². The second-order valence-electron chi connectivity index (χ2n) is 4.74.